The summed E-state index contributed by atoms with van der Waals surface area (Å²) in [5, 5.41) is 0.388. The molecule has 6 nitrogen and oxygen atoms in total. The van der Waals surface area contributed by atoms with E-state index in [1.165, 1.54) is 0 Å². The lowest BCUT2D eigenvalue weighted by atomic mass is 10.1. The average Bonchev–Trinajstić information content (AvgIpc) is 2.79. The van der Waals surface area contributed by atoms with Gasteiger partial charge in [-0.05, 0) is 47.9 Å². The molecule has 3 aromatic rings. The third kappa shape index (κ3) is 6.74. The third-order valence-corrected chi connectivity index (χ3v) is 7.10. The first-order valence-electron chi connectivity index (χ1n) is 11.1. The van der Waals surface area contributed by atoms with Crippen LogP contribution in [0.4, 0.5) is 11.4 Å². The summed E-state index contributed by atoms with van der Waals surface area (Å²) < 4.78 is 27.3. The lowest BCUT2D eigenvalue weighted by molar-refractivity contribution is 0.0730. The van der Waals surface area contributed by atoms with E-state index < -0.39 is 10.0 Å². The highest BCUT2D eigenvalue weighted by molar-refractivity contribution is 7.92. The highest BCUT2D eigenvalue weighted by Crippen LogP contribution is 2.27. The number of sulfonamides is 1. The van der Waals surface area contributed by atoms with E-state index in [-0.39, 0.29) is 18.2 Å². The summed E-state index contributed by atoms with van der Waals surface area (Å²) in [4.78, 5) is 17.2. The number of amides is 1. The van der Waals surface area contributed by atoms with Crippen molar-refractivity contribution in [3.8, 4) is 0 Å². The molecular formula is C26H30ClN3O3S. The maximum atomic E-state index is 13.6. The molecule has 0 saturated heterocycles. The molecule has 0 spiro atoms. The largest absolute Gasteiger partial charge is 0.377 e. The lowest BCUT2D eigenvalue weighted by Gasteiger charge is -2.27. The number of nitrogens with one attached hydrogen (secondary N) is 1. The van der Waals surface area contributed by atoms with Crippen LogP contribution >= 0.6 is 11.6 Å². The van der Waals surface area contributed by atoms with Crippen molar-refractivity contribution in [3.63, 3.8) is 0 Å². The standard InChI is InChI=1S/C26H30ClN3O3S/c1-4-16-34(32,33)28-22-14-15-25(29(2)3)21(17-22)19-30(18-20-10-6-5-7-11-20)26(31)23-12-8-9-13-24(23)27/h5-15,17,28H,4,16,18-19H2,1-3H3. The van der Waals surface area contributed by atoms with Gasteiger partial charge in [0.15, 0.2) is 0 Å². The first-order valence-corrected chi connectivity index (χ1v) is 13.1. The van der Waals surface area contributed by atoms with E-state index in [0.29, 0.717) is 29.2 Å². The topological polar surface area (TPSA) is 69.7 Å². The van der Waals surface area contributed by atoms with Gasteiger partial charge in [-0.2, -0.15) is 0 Å². The molecule has 0 aliphatic carbocycles. The summed E-state index contributed by atoms with van der Waals surface area (Å²) in [6, 6.07) is 22.1. The van der Waals surface area contributed by atoms with Crippen molar-refractivity contribution in [1.82, 2.24) is 4.90 Å². The second-order valence-electron chi connectivity index (χ2n) is 8.29. The van der Waals surface area contributed by atoms with Crippen molar-refractivity contribution in [2.75, 3.05) is 29.5 Å². The Morgan fingerprint density at radius 2 is 1.62 bits per heavy atom. The number of anilines is 2. The van der Waals surface area contributed by atoms with Crippen LogP contribution in [-0.2, 0) is 23.1 Å². The quantitative estimate of drug-likeness (QED) is 0.405. The zero-order valence-corrected chi connectivity index (χ0v) is 21.2. The van der Waals surface area contributed by atoms with Crippen LogP contribution in [-0.4, -0.2) is 39.1 Å². The molecule has 0 aliphatic heterocycles. The molecule has 3 rings (SSSR count). The van der Waals surface area contributed by atoms with Crippen LogP contribution in [0.2, 0.25) is 5.02 Å². The minimum atomic E-state index is -3.44. The lowest BCUT2D eigenvalue weighted by Crippen LogP contribution is -2.31. The zero-order chi connectivity index (χ0) is 24.7. The van der Waals surface area contributed by atoms with E-state index >= 15 is 0 Å². The van der Waals surface area contributed by atoms with Gasteiger partial charge in [0, 0.05) is 38.6 Å². The molecule has 0 unspecified atom stereocenters. The van der Waals surface area contributed by atoms with Crippen molar-refractivity contribution in [2.45, 2.75) is 26.4 Å². The number of carbonyl (C=O) groups is 1. The molecule has 0 aliphatic rings. The van der Waals surface area contributed by atoms with E-state index in [4.69, 9.17) is 11.6 Å². The minimum absolute atomic E-state index is 0.0445. The molecule has 0 radical (unpaired) electrons. The summed E-state index contributed by atoms with van der Waals surface area (Å²) in [7, 11) is 0.390. The summed E-state index contributed by atoms with van der Waals surface area (Å²) >= 11 is 6.35. The van der Waals surface area contributed by atoms with Crippen LogP contribution in [0.1, 0.15) is 34.8 Å². The number of halogens is 1. The molecule has 1 amide bonds. The Kier molecular flexibility index (Phi) is 8.58. The third-order valence-electron chi connectivity index (χ3n) is 5.28. The monoisotopic (exact) mass is 499 g/mol. The molecule has 0 atom stereocenters. The van der Waals surface area contributed by atoms with E-state index in [0.717, 1.165) is 16.8 Å². The Hall–Kier alpha value is -3.03. The molecule has 0 aromatic heterocycles. The Bertz CT molecular complexity index is 1230. The molecule has 0 saturated carbocycles. The number of nitrogens with zero attached hydrogens (tertiary/aromatic N) is 2. The number of benzene rings is 3. The molecule has 0 fully saturated rings. The summed E-state index contributed by atoms with van der Waals surface area (Å²) in [5.41, 5.74) is 3.58. The van der Waals surface area contributed by atoms with Crippen molar-refractivity contribution in [3.05, 3.63) is 94.5 Å². The Labute approximate surface area is 207 Å². The van der Waals surface area contributed by atoms with Crippen molar-refractivity contribution in [2.24, 2.45) is 0 Å². The van der Waals surface area contributed by atoms with E-state index in [2.05, 4.69) is 4.72 Å². The zero-order valence-electron chi connectivity index (χ0n) is 19.7. The summed E-state index contributed by atoms with van der Waals surface area (Å²) in [6.45, 7) is 2.47. The highest BCUT2D eigenvalue weighted by atomic mass is 35.5. The Morgan fingerprint density at radius 3 is 2.26 bits per heavy atom. The SMILES string of the molecule is CCCS(=O)(=O)Nc1ccc(N(C)C)c(CN(Cc2ccccc2)C(=O)c2ccccc2Cl)c1. The van der Waals surface area contributed by atoms with Gasteiger partial charge >= 0.3 is 0 Å². The minimum Gasteiger partial charge on any atom is -0.377 e. The fourth-order valence-corrected chi connectivity index (χ4v) is 5.07. The molecule has 3 aromatic carbocycles. The van der Waals surface area contributed by atoms with Gasteiger partial charge < -0.3 is 9.80 Å². The Morgan fingerprint density at radius 1 is 0.941 bits per heavy atom. The van der Waals surface area contributed by atoms with Gasteiger partial charge in [-0.25, -0.2) is 8.42 Å². The van der Waals surface area contributed by atoms with Gasteiger partial charge in [0.05, 0.1) is 16.3 Å². The Balaban J connectivity index is 2.00. The predicted octanol–water partition coefficient (Wildman–Crippen LogP) is 5.40. The van der Waals surface area contributed by atoms with Crippen molar-refractivity contribution < 1.29 is 13.2 Å². The predicted molar refractivity (Wildman–Crippen MR) is 140 cm³/mol. The first-order chi connectivity index (χ1) is 16.2. The second kappa shape index (κ2) is 11.4. The fourth-order valence-electron chi connectivity index (χ4n) is 3.73. The molecule has 0 bridgehead atoms. The molecule has 1 N–H and O–H groups in total. The average molecular weight is 500 g/mol. The summed E-state index contributed by atoms with van der Waals surface area (Å²) in [6.07, 6.45) is 0.523. The van der Waals surface area contributed by atoms with Crippen LogP contribution in [0, 0.1) is 0 Å². The number of hydrogen-bond acceptors (Lipinski definition) is 4. The van der Waals surface area contributed by atoms with Crippen molar-refractivity contribution >= 4 is 38.9 Å². The van der Waals surface area contributed by atoms with Gasteiger partial charge in [0.25, 0.3) is 5.91 Å². The van der Waals surface area contributed by atoms with E-state index in [1.807, 2.05) is 62.3 Å². The van der Waals surface area contributed by atoms with Crippen LogP contribution < -0.4 is 9.62 Å². The second-order valence-corrected chi connectivity index (χ2v) is 10.5. The van der Waals surface area contributed by atoms with Gasteiger partial charge in [-0.1, -0.05) is 61.0 Å². The fraction of sp³-hybridized carbons (Fsp3) is 0.269. The van der Waals surface area contributed by atoms with Gasteiger partial charge in [-0.15, -0.1) is 0 Å². The van der Waals surface area contributed by atoms with Gasteiger partial charge in [0.2, 0.25) is 10.0 Å². The molecule has 0 heterocycles. The van der Waals surface area contributed by atoms with Crippen LogP contribution in [0.25, 0.3) is 0 Å². The van der Waals surface area contributed by atoms with Crippen LogP contribution in [0.15, 0.2) is 72.8 Å². The number of carbonyl (C=O) groups excluding carboxylic acids is 1. The maximum absolute atomic E-state index is 13.6. The molecular weight excluding hydrogens is 470 g/mol. The van der Waals surface area contributed by atoms with Gasteiger partial charge in [-0.3, -0.25) is 9.52 Å². The summed E-state index contributed by atoms with van der Waals surface area (Å²) in [5.74, 6) is -0.153. The molecule has 34 heavy (non-hydrogen) atoms. The maximum Gasteiger partial charge on any atom is 0.255 e. The van der Waals surface area contributed by atoms with E-state index in [1.54, 1.807) is 41.3 Å². The highest BCUT2D eigenvalue weighted by Gasteiger charge is 2.21. The number of hydrogen-bond donors (Lipinski definition) is 1. The molecule has 180 valence electrons. The van der Waals surface area contributed by atoms with Gasteiger partial charge in [0.1, 0.15) is 0 Å². The van der Waals surface area contributed by atoms with Crippen LogP contribution in [0.5, 0.6) is 0 Å². The van der Waals surface area contributed by atoms with Crippen LogP contribution in [0.3, 0.4) is 0 Å². The van der Waals surface area contributed by atoms with Crippen molar-refractivity contribution in [1.29, 1.82) is 0 Å². The smallest absolute Gasteiger partial charge is 0.255 e. The number of rotatable bonds is 10. The van der Waals surface area contributed by atoms with E-state index in [9.17, 15) is 13.2 Å². The molecule has 8 heteroatoms. The first kappa shape index (κ1) is 25.6. The normalized spacial score (nSPS) is 11.2.